The molecule has 25 heavy (non-hydrogen) atoms. The summed E-state index contributed by atoms with van der Waals surface area (Å²) in [6.45, 7) is 11.6. The van der Waals surface area contributed by atoms with Crippen LogP contribution in [0.3, 0.4) is 0 Å². The molecule has 0 aliphatic rings. The average molecular weight is 487 g/mol. The van der Waals surface area contributed by atoms with Crippen LogP contribution in [0.2, 0.25) is 13.3 Å². The van der Waals surface area contributed by atoms with Crippen LogP contribution in [0.15, 0.2) is 17.6 Å². The topological polar surface area (TPSA) is 17.3 Å². The Bertz CT molecular complexity index is 611. The third-order valence-electron chi connectivity index (χ3n) is 5.08. The van der Waals surface area contributed by atoms with Gasteiger partial charge in [-0.2, -0.15) is 0 Å². The van der Waals surface area contributed by atoms with E-state index in [1.165, 1.54) is 48.4 Å². The molecule has 0 bridgehead atoms. The Labute approximate surface area is 167 Å². The van der Waals surface area contributed by atoms with Crippen LogP contribution in [-0.2, 0) is 0 Å². The van der Waals surface area contributed by atoms with Gasteiger partial charge in [0.15, 0.2) is 0 Å². The summed E-state index contributed by atoms with van der Waals surface area (Å²) in [6, 6.07) is 0. The van der Waals surface area contributed by atoms with Crippen molar-refractivity contribution in [3.05, 3.63) is 12.5 Å². The van der Waals surface area contributed by atoms with E-state index in [2.05, 4.69) is 67.9 Å². The summed E-state index contributed by atoms with van der Waals surface area (Å²) in [7, 11) is 0. The van der Waals surface area contributed by atoms with Gasteiger partial charge in [-0.25, -0.2) is 0 Å². The Morgan fingerprint density at radius 1 is 1.04 bits per heavy atom. The van der Waals surface area contributed by atoms with E-state index in [0.29, 0.717) is 5.25 Å². The van der Waals surface area contributed by atoms with Gasteiger partial charge in [-0.05, 0) is 0 Å². The molecule has 0 amide bonds. The minimum absolute atomic E-state index is 0.595. The van der Waals surface area contributed by atoms with E-state index in [1.54, 1.807) is 13.3 Å². The summed E-state index contributed by atoms with van der Waals surface area (Å²) in [4.78, 5) is 6.07. The van der Waals surface area contributed by atoms with E-state index in [0.717, 1.165) is 0 Å². The molecule has 0 aliphatic carbocycles. The standard InChI is InChI=1S/C8H9N2S2.3C4H9.Sn/c1-6(2)12-7-8-10(5-9-7)3-4-11-8;3*1-3-4-2;/h3,5-6H,1-2H3;3*1,3-4H2,2H3;. The van der Waals surface area contributed by atoms with Crippen molar-refractivity contribution in [1.29, 1.82) is 0 Å². The van der Waals surface area contributed by atoms with Crippen molar-refractivity contribution in [1.82, 2.24) is 9.38 Å². The maximum atomic E-state index is 4.66. The molecular weight excluding hydrogens is 451 g/mol. The molecular formula is C20H36N2S2Sn. The van der Waals surface area contributed by atoms with Gasteiger partial charge in [0.25, 0.3) is 0 Å². The molecule has 2 heterocycles. The molecule has 142 valence electrons. The Morgan fingerprint density at radius 2 is 1.60 bits per heavy atom. The predicted molar refractivity (Wildman–Crippen MR) is 119 cm³/mol. The van der Waals surface area contributed by atoms with Crippen molar-refractivity contribution in [2.45, 2.75) is 96.7 Å². The second kappa shape index (κ2) is 10.6. The Balaban J connectivity index is 2.39. The fourth-order valence-corrected chi connectivity index (χ4v) is 24.6. The van der Waals surface area contributed by atoms with E-state index < -0.39 is 18.4 Å². The van der Waals surface area contributed by atoms with Gasteiger partial charge in [0.05, 0.1) is 0 Å². The molecule has 0 saturated carbocycles. The monoisotopic (exact) mass is 488 g/mol. The molecule has 0 unspecified atom stereocenters. The van der Waals surface area contributed by atoms with Gasteiger partial charge in [0.1, 0.15) is 0 Å². The van der Waals surface area contributed by atoms with Gasteiger partial charge < -0.3 is 0 Å². The van der Waals surface area contributed by atoms with Gasteiger partial charge >= 0.3 is 168 Å². The van der Waals surface area contributed by atoms with Crippen LogP contribution in [0.1, 0.15) is 73.1 Å². The number of nitrogens with zero attached hydrogens (tertiary/aromatic N) is 2. The molecule has 0 spiro atoms. The number of aromatic nitrogens is 2. The van der Waals surface area contributed by atoms with Crippen LogP contribution < -0.4 is 2.89 Å². The van der Waals surface area contributed by atoms with Crippen LogP contribution in [0.25, 0.3) is 4.83 Å². The molecule has 0 fully saturated rings. The normalized spacial score (nSPS) is 12.6. The first kappa shape index (κ1) is 21.6. The first-order valence-corrected chi connectivity index (χ1v) is 19.4. The van der Waals surface area contributed by atoms with Gasteiger partial charge in [-0.3, -0.25) is 0 Å². The molecule has 0 aromatic carbocycles. The van der Waals surface area contributed by atoms with Crippen LogP contribution >= 0.6 is 23.1 Å². The van der Waals surface area contributed by atoms with Gasteiger partial charge in [0.2, 0.25) is 0 Å². The number of imidazole rings is 1. The van der Waals surface area contributed by atoms with Crippen molar-refractivity contribution in [2.24, 2.45) is 0 Å². The van der Waals surface area contributed by atoms with Crippen LogP contribution in [0, 0.1) is 0 Å². The zero-order valence-electron chi connectivity index (χ0n) is 16.8. The molecule has 0 saturated heterocycles. The molecule has 2 rings (SSSR count). The number of rotatable bonds is 12. The molecule has 0 aliphatic heterocycles. The zero-order valence-corrected chi connectivity index (χ0v) is 21.3. The quantitative estimate of drug-likeness (QED) is 0.238. The molecule has 2 aromatic rings. The number of hydrogen-bond donors (Lipinski definition) is 0. The number of hydrogen-bond acceptors (Lipinski definition) is 3. The summed E-state index contributed by atoms with van der Waals surface area (Å²) in [6.07, 6.45) is 12.9. The number of thiazole rings is 1. The summed E-state index contributed by atoms with van der Waals surface area (Å²) in [5.41, 5.74) is 0. The average Bonchev–Trinajstić information content (AvgIpc) is 3.17. The minimum atomic E-state index is -2.29. The van der Waals surface area contributed by atoms with Crippen molar-refractivity contribution < 1.29 is 0 Å². The Morgan fingerprint density at radius 3 is 2.08 bits per heavy atom. The maximum absolute atomic E-state index is 4.66. The molecule has 2 aromatic heterocycles. The second-order valence-corrected chi connectivity index (χ2v) is 24.4. The zero-order chi connectivity index (χ0) is 18.3. The number of fused-ring (bicyclic) bond motifs is 1. The third kappa shape index (κ3) is 5.65. The fraction of sp³-hybridized carbons (Fsp3) is 0.750. The predicted octanol–water partition coefficient (Wildman–Crippen LogP) is 6.95. The van der Waals surface area contributed by atoms with Crippen LogP contribution in [0.5, 0.6) is 0 Å². The number of thioether (sulfide) groups is 1. The van der Waals surface area contributed by atoms with Gasteiger partial charge in [-0.15, -0.1) is 0 Å². The summed E-state index contributed by atoms with van der Waals surface area (Å²) >= 11 is 1.73. The van der Waals surface area contributed by atoms with E-state index in [-0.39, 0.29) is 0 Å². The summed E-state index contributed by atoms with van der Waals surface area (Å²) < 4.78 is 8.80. The van der Waals surface area contributed by atoms with Gasteiger partial charge in [-0.1, -0.05) is 0 Å². The number of unbranched alkanes of at least 4 members (excludes halogenated alkanes) is 3. The van der Waals surface area contributed by atoms with Gasteiger partial charge in [0, 0.05) is 0 Å². The van der Waals surface area contributed by atoms with Crippen molar-refractivity contribution in [3.8, 4) is 0 Å². The van der Waals surface area contributed by atoms with E-state index in [9.17, 15) is 0 Å². The van der Waals surface area contributed by atoms with E-state index >= 15 is 0 Å². The van der Waals surface area contributed by atoms with Crippen molar-refractivity contribution in [2.75, 3.05) is 0 Å². The SMILES string of the molecule is CCC[CH2][Sn]([CH2]CCC)([CH2]CCC)[c]1cn2cnc(SC(C)C)c2s1. The van der Waals surface area contributed by atoms with Crippen molar-refractivity contribution in [3.63, 3.8) is 0 Å². The molecule has 5 heteroatoms. The molecule has 0 atom stereocenters. The Hall–Kier alpha value is 0.319. The Kier molecular flexibility index (Phi) is 9.17. The summed E-state index contributed by atoms with van der Waals surface area (Å²) in [5, 5.41) is 1.84. The molecule has 2 nitrogen and oxygen atoms in total. The second-order valence-electron chi connectivity index (χ2n) is 7.62. The van der Waals surface area contributed by atoms with E-state index in [1.807, 2.05) is 14.7 Å². The molecule has 0 radical (unpaired) electrons. The first-order chi connectivity index (χ1) is 12.1. The fourth-order valence-electron chi connectivity index (χ4n) is 3.62. The van der Waals surface area contributed by atoms with E-state index in [4.69, 9.17) is 0 Å². The summed E-state index contributed by atoms with van der Waals surface area (Å²) in [5.74, 6) is 0. The third-order valence-corrected chi connectivity index (χ3v) is 25.5. The van der Waals surface area contributed by atoms with Crippen molar-refractivity contribution >= 4 is 49.2 Å². The van der Waals surface area contributed by atoms with Crippen LogP contribution in [0.4, 0.5) is 0 Å². The molecule has 0 N–H and O–H groups in total. The first-order valence-electron chi connectivity index (χ1n) is 10.2. The van der Waals surface area contributed by atoms with Crippen LogP contribution in [-0.4, -0.2) is 33.0 Å².